The van der Waals surface area contributed by atoms with Crippen LogP contribution in [0.25, 0.3) is 22.2 Å². The molecule has 3 aromatic carbocycles. The summed E-state index contributed by atoms with van der Waals surface area (Å²) in [5.74, 6) is 0.780. The molecule has 0 atom stereocenters. The Morgan fingerprint density at radius 1 is 1.00 bits per heavy atom. The van der Waals surface area contributed by atoms with Gasteiger partial charge in [0.25, 0.3) is 5.69 Å². The molecular formula is C21H16N2O3S. The van der Waals surface area contributed by atoms with Crippen molar-refractivity contribution in [3.05, 3.63) is 82.9 Å². The molecular weight excluding hydrogens is 360 g/mol. The number of nitro benzene ring substituents is 1. The van der Waals surface area contributed by atoms with E-state index in [1.807, 2.05) is 60.7 Å². The van der Waals surface area contributed by atoms with Crippen LogP contribution in [-0.2, 0) is 0 Å². The number of rotatable bonds is 5. The fourth-order valence-corrected chi connectivity index (χ4v) is 4.03. The Balaban J connectivity index is 1.88. The van der Waals surface area contributed by atoms with Crippen molar-refractivity contribution in [2.75, 3.05) is 7.11 Å². The molecule has 0 amide bonds. The highest BCUT2D eigenvalue weighted by molar-refractivity contribution is 7.99. The molecule has 0 spiro atoms. The zero-order chi connectivity index (χ0) is 18.8. The number of benzene rings is 3. The number of hydrogen-bond acceptors (Lipinski definition) is 4. The highest BCUT2D eigenvalue weighted by Crippen LogP contribution is 2.42. The van der Waals surface area contributed by atoms with E-state index in [2.05, 4.69) is 4.98 Å². The van der Waals surface area contributed by atoms with Crippen LogP contribution in [0.2, 0.25) is 0 Å². The van der Waals surface area contributed by atoms with Gasteiger partial charge in [0.05, 0.1) is 23.2 Å². The topological polar surface area (TPSA) is 68.2 Å². The predicted octanol–water partition coefficient (Wildman–Crippen LogP) is 5.90. The fraction of sp³-hybridized carbons (Fsp3) is 0.0476. The number of aromatic amines is 1. The number of nitro groups is 1. The van der Waals surface area contributed by atoms with E-state index in [9.17, 15) is 10.1 Å². The summed E-state index contributed by atoms with van der Waals surface area (Å²) in [5.41, 5.74) is 2.74. The van der Waals surface area contributed by atoms with Crippen molar-refractivity contribution >= 4 is 28.4 Å². The van der Waals surface area contributed by atoms with Gasteiger partial charge in [0.2, 0.25) is 0 Å². The number of non-ortho nitro benzene ring substituents is 1. The van der Waals surface area contributed by atoms with Gasteiger partial charge in [-0.25, -0.2) is 0 Å². The van der Waals surface area contributed by atoms with Crippen molar-refractivity contribution in [1.29, 1.82) is 0 Å². The highest BCUT2D eigenvalue weighted by Gasteiger charge is 2.17. The van der Waals surface area contributed by atoms with Gasteiger partial charge in [0.15, 0.2) is 0 Å². The molecule has 4 aromatic rings. The second-order valence-electron chi connectivity index (χ2n) is 5.96. The first-order valence-electron chi connectivity index (χ1n) is 8.33. The van der Waals surface area contributed by atoms with Crippen molar-refractivity contribution in [2.24, 2.45) is 0 Å². The minimum atomic E-state index is -0.378. The molecule has 0 radical (unpaired) electrons. The fourth-order valence-electron chi connectivity index (χ4n) is 2.95. The quantitative estimate of drug-likeness (QED) is 0.348. The summed E-state index contributed by atoms with van der Waals surface area (Å²) < 4.78 is 5.24. The van der Waals surface area contributed by atoms with Crippen LogP contribution in [0.4, 0.5) is 5.69 Å². The summed E-state index contributed by atoms with van der Waals surface area (Å²) >= 11 is 1.64. The smallest absolute Gasteiger partial charge is 0.271 e. The van der Waals surface area contributed by atoms with Crippen LogP contribution in [0, 0.1) is 10.1 Å². The standard InChI is InChI=1S/C21H16N2O3S/c1-26-16-10-7-14(8-11-16)20-21(27-17-5-3-2-4-6-17)18-12-9-15(23(24)25)13-19(18)22-20/h2-13,22H,1H3. The van der Waals surface area contributed by atoms with E-state index < -0.39 is 0 Å². The average Bonchev–Trinajstić information content (AvgIpc) is 3.06. The minimum absolute atomic E-state index is 0.0706. The van der Waals surface area contributed by atoms with Crippen LogP contribution in [0.3, 0.4) is 0 Å². The number of aromatic nitrogens is 1. The maximum absolute atomic E-state index is 11.1. The molecule has 5 nitrogen and oxygen atoms in total. The van der Waals surface area contributed by atoms with E-state index in [-0.39, 0.29) is 10.6 Å². The van der Waals surface area contributed by atoms with Crippen LogP contribution in [0.15, 0.2) is 82.6 Å². The number of H-pyrrole nitrogens is 1. The summed E-state index contributed by atoms with van der Waals surface area (Å²) in [6, 6.07) is 22.8. The molecule has 1 N–H and O–H groups in total. The van der Waals surface area contributed by atoms with E-state index in [1.54, 1.807) is 31.0 Å². The number of nitrogens with zero attached hydrogens (tertiary/aromatic N) is 1. The Kier molecular flexibility index (Phi) is 4.56. The maximum Gasteiger partial charge on any atom is 0.271 e. The summed E-state index contributed by atoms with van der Waals surface area (Å²) in [4.78, 5) is 16.3. The Morgan fingerprint density at radius 3 is 2.41 bits per heavy atom. The van der Waals surface area contributed by atoms with Crippen molar-refractivity contribution < 1.29 is 9.66 Å². The number of ether oxygens (including phenoxy) is 1. The summed E-state index contributed by atoms with van der Waals surface area (Å²) in [6.45, 7) is 0. The first kappa shape index (κ1) is 17.2. The molecule has 0 aliphatic carbocycles. The third-order valence-electron chi connectivity index (χ3n) is 4.29. The van der Waals surface area contributed by atoms with Gasteiger partial charge in [-0.3, -0.25) is 10.1 Å². The maximum atomic E-state index is 11.1. The van der Waals surface area contributed by atoms with E-state index in [0.717, 1.165) is 37.7 Å². The molecule has 4 rings (SSSR count). The zero-order valence-electron chi connectivity index (χ0n) is 14.5. The lowest BCUT2D eigenvalue weighted by molar-refractivity contribution is -0.384. The second kappa shape index (κ2) is 7.17. The molecule has 6 heteroatoms. The SMILES string of the molecule is COc1ccc(-c2[nH]c3cc([N+](=O)[O-])ccc3c2Sc2ccccc2)cc1. The number of fused-ring (bicyclic) bond motifs is 1. The second-order valence-corrected chi connectivity index (χ2v) is 7.04. The Labute approximate surface area is 160 Å². The molecule has 0 saturated carbocycles. The van der Waals surface area contributed by atoms with E-state index >= 15 is 0 Å². The van der Waals surface area contributed by atoms with Gasteiger partial charge in [-0.2, -0.15) is 0 Å². The largest absolute Gasteiger partial charge is 0.497 e. The minimum Gasteiger partial charge on any atom is -0.497 e. The third kappa shape index (κ3) is 3.39. The number of nitrogens with one attached hydrogen (secondary N) is 1. The lowest BCUT2D eigenvalue weighted by Crippen LogP contribution is -1.86. The van der Waals surface area contributed by atoms with Crippen LogP contribution in [-0.4, -0.2) is 17.0 Å². The normalized spacial score (nSPS) is 10.9. The molecule has 0 fully saturated rings. The van der Waals surface area contributed by atoms with Crippen molar-refractivity contribution in [3.8, 4) is 17.0 Å². The Morgan fingerprint density at radius 2 is 1.74 bits per heavy atom. The van der Waals surface area contributed by atoms with Crippen LogP contribution in [0.1, 0.15) is 0 Å². The van der Waals surface area contributed by atoms with Crippen molar-refractivity contribution in [3.63, 3.8) is 0 Å². The molecule has 0 unspecified atom stereocenters. The number of hydrogen-bond donors (Lipinski definition) is 1. The Bertz CT molecular complexity index is 1110. The van der Waals surface area contributed by atoms with Crippen LogP contribution >= 0.6 is 11.8 Å². The van der Waals surface area contributed by atoms with Crippen molar-refractivity contribution in [2.45, 2.75) is 9.79 Å². The lowest BCUT2D eigenvalue weighted by atomic mass is 10.1. The molecule has 27 heavy (non-hydrogen) atoms. The lowest BCUT2D eigenvalue weighted by Gasteiger charge is -2.06. The molecule has 1 heterocycles. The number of methoxy groups -OCH3 is 1. The van der Waals surface area contributed by atoms with E-state index in [4.69, 9.17) is 4.74 Å². The van der Waals surface area contributed by atoms with Gasteiger partial charge in [-0.1, -0.05) is 30.0 Å². The van der Waals surface area contributed by atoms with Gasteiger partial charge in [-0.05, 0) is 48.0 Å². The van der Waals surface area contributed by atoms with Gasteiger partial charge in [0.1, 0.15) is 5.75 Å². The van der Waals surface area contributed by atoms with Gasteiger partial charge in [0, 0.05) is 27.3 Å². The molecule has 0 aliphatic heterocycles. The first-order valence-corrected chi connectivity index (χ1v) is 9.15. The average molecular weight is 376 g/mol. The molecule has 0 bridgehead atoms. The Hall–Kier alpha value is -3.25. The van der Waals surface area contributed by atoms with E-state index in [0.29, 0.717) is 0 Å². The zero-order valence-corrected chi connectivity index (χ0v) is 15.3. The molecule has 0 aliphatic rings. The van der Waals surface area contributed by atoms with Crippen LogP contribution < -0.4 is 4.74 Å². The molecule has 134 valence electrons. The monoisotopic (exact) mass is 376 g/mol. The van der Waals surface area contributed by atoms with Crippen LogP contribution in [0.5, 0.6) is 5.75 Å². The van der Waals surface area contributed by atoms with Crippen molar-refractivity contribution in [1.82, 2.24) is 4.98 Å². The summed E-state index contributed by atoms with van der Waals surface area (Å²) in [5, 5.41) is 12.1. The van der Waals surface area contributed by atoms with Gasteiger partial charge in [-0.15, -0.1) is 0 Å². The highest BCUT2D eigenvalue weighted by atomic mass is 32.2. The van der Waals surface area contributed by atoms with Gasteiger partial charge >= 0.3 is 0 Å². The molecule has 1 aromatic heterocycles. The summed E-state index contributed by atoms with van der Waals surface area (Å²) in [7, 11) is 1.63. The molecule has 0 saturated heterocycles. The van der Waals surface area contributed by atoms with Gasteiger partial charge < -0.3 is 9.72 Å². The predicted molar refractivity (Wildman–Crippen MR) is 108 cm³/mol. The summed E-state index contributed by atoms with van der Waals surface area (Å²) in [6.07, 6.45) is 0. The third-order valence-corrected chi connectivity index (χ3v) is 5.42. The first-order chi connectivity index (χ1) is 13.2. The van der Waals surface area contributed by atoms with E-state index in [1.165, 1.54) is 0 Å².